The van der Waals surface area contributed by atoms with E-state index in [1.165, 1.54) is 14.2 Å². The number of carbonyl (C=O) groups excluding carboxylic acids is 3. The maximum Gasteiger partial charge on any atom is 0.340 e. The van der Waals surface area contributed by atoms with Gasteiger partial charge in [-0.15, -0.1) is 0 Å². The third kappa shape index (κ3) is 6.44. The van der Waals surface area contributed by atoms with Crippen molar-refractivity contribution in [3.63, 3.8) is 0 Å². The molecular formula is C29H28O9. The van der Waals surface area contributed by atoms with Crippen molar-refractivity contribution < 1.29 is 42.8 Å². The van der Waals surface area contributed by atoms with Crippen molar-refractivity contribution in [3.05, 3.63) is 108 Å². The van der Waals surface area contributed by atoms with E-state index in [0.29, 0.717) is 0 Å². The van der Waals surface area contributed by atoms with Gasteiger partial charge >= 0.3 is 17.9 Å². The number of carbonyl (C=O) groups is 3. The molecule has 0 N–H and O–H groups in total. The van der Waals surface area contributed by atoms with Crippen LogP contribution in [0, 0.1) is 0 Å². The first kappa shape index (κ1) is 27.0. The van der Waals surface area contributed by atoms with Crippen molar-refractivity contribution in [1.29, 1.82) is 0 Å². The highest BCUT2D eigenvalue weighted by Crippen LogP contribution is 2.31. The SMILES string of the molecule is COCC1O[C@H](OC(=O)c2ccccc2)[C@@H](OC(=O)c2ccccc2)[C@@H](OC(=O)c2ccccc2)C1OC. The van der Waals surface area contributed by atoms with Gasteiger partial charge in [-0.25, -0.2) is 14.4 Å². The molecule has 38 heavy (non-hydrogen) atoms. The molecule has 1 fully saturated rings. The lowest BCUT2D eigenvalue weighted by Crippen LogP contribution is -2.62. The zero-order valence-electron chi connectivity index (χ0n) is 20.9. The van der Waals surface area contributed by atoms with Crippen molar-refractivity contribution in [1.82, 2.24) is 0 Å². The Labute approximate surface area is 220 Å². The number of benzene rings is 3. The van der Waals surface area contributed by atoms with Gasteiger partial charge in [0.05, 0.1) is 23.3 Å². The summed E-state index contributed by atoms with van der Waals surface area (Å²) < 4.78 is 34.3. The monoisotopic (exact) mass is 520 g/mol. The summed E-state index contributed by atoms with van der Waals surface area (Å²) in [5.74, 6) is -2.11. The van der Waals surface area contributed by atoms with Crippen LogP contribution >= 0.6 is 0 Å². The second kappa shape index (κ2) is 13.0. The van der Waals surface area contributed by atoms with Crippen molar-refractivity contribution in [3.8, 4) is 0 Å². The molecule has 0 aromatic heterocycles. The Morgan fingerprint density at radius 2 is 1.03 bits per heavy atom. The van der Waals surface area contributed by atoms with Crippen LogP contribution < -0.4 is 0 Å². The first-order valence-corrected chi connectivity index (χ1v) is 12.0. The van der Waals surface area contributed by atoms with E-state index in [9.17, 15) is 14.4 Å². The van der Waals surface area contributed by atoms with Gasteiger partial charge < -0.3 is 28.4 Å². The molecule has 4 rings (SSSR count). The minimum Gasteiger partial charge on any atom is -0.452 e. The van der Waals surface area contributed by atoms with Gasteiger partial charge in [-0.1, -0.05) is 54.6 Å². The van der Waals surface area contributed by atoms with Crippen LogP contribution in [-0.4, -0.2) is 69.4 Å². The Bertz CT molecular complexity index is 1200. The third-order valence-electron chi connectivity index (χ3n) is 5.93. The van der Waals surface area contributed by atoms with E-state index in [2.05, 4.69) is 0 Å². The number of ether oxygens (including phenoxy) is 6. The smallest absolute Gasteiger partial charge is 0.340 e. The van der Waals surface area contributed by atoms with Gasteiger partial charge in [0.15, 0.2) is 6.10 Å². The van der Waals surface area contributed by atoms with E-state index >= 15 is 0 Å². The molecule has 9 nitrogen and oxygen atoms in total. The summed E-state index contributed by atoms with van der Waals surface area (Å²) in [5.41, 5.74) is 0.795. The standard InChI is InChI=1S/C29H28O9/c1-33-18-22-23(34-2)24(36-26(30)19-12-6-3-7-13-19)25(37-27(31)20-14-8-4-9-15-20)29(35-22)38-28(32)21-16-10-5-11-17-21/h3-17,22-25,29H,18H2,1-2H3/t22?,23?,24-,25-,29+/m0/s1. The van der Waals surface area contributed by atoms with Gasteiger partial charge in [-0.05, 0) is 36.4 Å². The van der Waals surface area contributed by atoms with Crippen LogP contribution in [0.1, 0.15) is 31.1 Å². The van der Waals surface area contributed by atoms with Crippen LogP contribution in [0.25, 0.3) is 0 Å². The molecule has 198 valence electrons. The van der Waals surface area contributed by atoms with E-state index < -0.39 is 48.6 Å². The minimum absolute atomic E-state index is 0.0244. The largest absolute Gasteiger partial charge is 0.452 e. The van der Waals surface area contributed by atoms with E-state index in [1.54, 1.807) is 91.0 Å². The Balaban J connectivity index is 1.69. The number of esters is 3. The zero-order valence-corrected chi connectivity index (χ0v) is 20.9. The molecule has 1 aliphatic rings. The summed E-state index contributed by atoms with van der Waals surface area (Å²) in [5, 5.41) is 0. The second-order valence-corrected chi connectivity index (χ2v) is 8.44. The number of hydrogen-bond donors (Lipinski definition) is 0. The van der Waals surface area contributed by atoms with Gasteiger partial charge in [0.25, 0.3) is 0 Å². The van der Waals surface area contributed by atoms with Crippen LogP contribution in [-0.2, 0) is 28.4 Å². The first-order chi connectivity index (χ1) is 18.5. The molecule has 1 saturated heterocycles. The predicted molar refractivity (Wildman–Crippen MR) is 134 cm³/mol. The average molecular weight is 521 g/mol. The molecular weight excluding hydrogens is 492 g/mol. The Kier molecular flexibility index (Phi) is 9.21. The molecule has 0 bridgehead atoms. The van der Waals surface area contributed by atoms with E-state index in [0.717, 1.165) is 0 Å². The Morgan fingerprint density at radius 1 is 0.605 bits per heavy atom. The Morgan fingerprint density at radius 3 is 1.45 bits per heavy atom. The topological polar surface area (TPSA) is 107 Å². The molecule has 0 aliphatic carbocycles. The molecule has 2 unspecified atom stereocenters. The van der Waals surface area contributed by atoms with Gasteiger partial charge in [-0.3, -0.25) is 0 Å². The van der Waals surface area contributed by atoms with Crippen LogP contribution in [0.5, 0.6) is 0 Å². The van der Waals surface area contributed by atoms with Crippen molar-refractivity contribution in [2.75, 3.05) is 20.8 Å². The normalized spacial score (nSPS) is 22.7. The maximum atomic E-state index is 13.1. The lowest BCUT2D eigenvalue weighted by Gasteiger charge is -2.44. The fourth-order valence-corrected chi connectivity index (χ4v) is 4.10. The Hall–Kier alpha value is -4.05. The molecule has 3 aromatic rings. The lowest BCUT2D eigenvalue weighted by molar-refractivity contribution is -0.288. The fraction of sp³-hybridized carbons (Fsp3) is 0.276. The average Bonchev–Trinajstić information content (AvgIpc) is 2.96. The fourth-order valence-electron chi connectivity index (χ4n) is 4.10. The van der Waals surface area contributed by atoms with E-state index in [4.69, 9.17) is 28.4 Å². The molecule has 0 spiro atoms. The molecule has 1 aliphatic heterocycles. The molecule has 0 saturated carbocycles. The lowest BCUT2D eigenvalue weighted by atomic mass is 9.98. The molecule has 0 radical (unpaired) electrons. The summed E-state index contributed by atoms with van der Waals surface area (Å²) in [4.78, 5) is 39.2. The molecule has 3 aromatic carbocycles. The molecule has 1 heterocycles. The van der Waals surface area contributed by atoms with E-state index in [1.807, 2.05) is 0 Å². The zero-order chi connectivity index (χ0) is 26.9. The maximum absolute atomic E-state index is 13.1. The van der Waals surface area contributed by atoms with Crippen molar-refractivity contribution in [2.24, 2.45) is 0 Å². The van der Waals surface area contributed by atoms with Gasteiger partial charge in [0, 0.05) is 14.2 Å². The van der Waals surface area contributed by atoms with Crippen LogP contribution in [0.15, 0.2) is 91.0 Å². The quantitative estimate of drug-likeness (QED) is 0.308. The summed E-state index contributed by atoms with van der Waals surface area (Å²) in [6, 6.07) is 24.9. The van der Waals surface area contributed by atoms with Crippen LogP contribution in [0.3, 0.4) is 0 Å². The van der Waals surface area contributed by atoms with Crippen LogP contribution in [0.2, 0.25) is 0 Å². The van der Waals surface area contributed by atoms with Gasteiger partial charge in [-0.2, -0.15) is 0 Å². The van der Waals surface area contributed by atoms with Gasteiger partial charge in [0.2, 0.25) is 12.4 Å². The van der Waals surface area contributed by atoms with Gasteiger partial charge in [0.1, 0.15) is 12.2 Å². The number of hydrogen-bond acceptors (Lipinski definition) is 9. The summed E-state index contributed by atoms with van der Waals surface area (Å²) in [6.45, 7) is 0.0244. The van der Waals surface area contributed by atoms with E-state index in [-0.39, 0.29) is 23.3 Å². The second-order valence-electron chi connectivity index (χ2n) is 8.44. The molecule has 5 atom stereocenters. The number of methoxy groups -OCH3 is 2. The van der Waals surface area contributed by atoms with Crippen molar-refractivity contribution >= 4 is 17.9 Å². The summed E-state index contributed by atoms with van der Waals surface area (Å²) in [7, 11) is 2.87. The van der Waals surface area contributed by atoms with Crippen LogP contribution in [0.4, 0.5) is 0 Å². The highest BCUT2D eigenvalue weighted by molar-refractivity contribution is 5.91. The molecule has 0 amide bonds. The number of rotatable bonds is 9. The highest BCUT2D eigenvalue weighted by Gasteiger charge is 2.52. The minimum atomic E-state index is -1.43. The third-order valence-corrected chi connectivity index (χ3v) is 5.93. The van der Waals surface area contributed by atoms with Crippen molar-refractivity contribution in [2.45, 2.75) is 30.7 Å². The summed E-state index contributed by atoms with van der Waals surface area (Å²) >= 11 is 0. The first-order valence-electron chi connectivity index (χ1n) is 12.0. The molecule has 9 heteroatoms. The predicted octanol–water partition coefficient (Wildman–Crippen LogP) is 3.68. The summed E-state index contributed by atoms with van der Waals surface area (Å²) in [6.07, 6.45) is -5.74. The highest BCUT2D eigenvalue weighted by atomic mass is 16.7.